The van der Waals surface area contributed by atoms with Crippen molar-refractivity contribution < 1.29 is 9.53 Å². The number of benzene rings is 1. The summed E-state index contributed by atoms with van der Waals surface area (Å²) in [4.78, 5) is 14.1. The number of ether oxygens (including phenoxy) is 1. The third-order valence-electron chi connectivity index (χ3n) is 4.45. The second kappa shape index (κ2) is 6.98. The largest absolute Gasteiger partial charge is 0.379 e. The molecule has 0 bridgehead atoms. The molecule has 3 rings (SSSR count). The average molecular weight is 313 g/mol. The molecule has 1 aromatic heterocycles. The molecule has 0 atom stereocenters. The first kappa shape index (κ1) is 15.8. The molecular weight excluding hydrogens is 290 g/mol. The second-order valence-corrected chi connectivity index (χ2v) is 5.86. The van der Waals surface area contributed by atoms with Gasteiger partial charge in [-0.2, -0.15) is 0 Å². The van der Waals surface area contributed by atoms with E-state index >= 15 is 0 Å². The molecule has 2 aromatic rings. The van der Waals surface area contributed by atoms with Crippen LogP contribution in [0, 0.1) is 6.92 Å². The van der Waals surface area contributed by atoms with Gasteiger partial charge in [-0.25, -0.2) is 0 Å². The van der Waals surface area contributed by atoms with Crippen molar-refractivity contribution in [2.75, 3.05) is 32.8 Å². The fourth-order valence-corrected chi connectivity index (χ4v) is 3.10. The lowest BCUT2D eigenvalue weighted by Crippen LogP contribution is -2.38. The van der Waals surface area contributed by atoms with Crippen LogP contribution in [0.5, 0.6) is 0 Å². The lowest BCUT2D eigenvalue weighted by Gasteiger charge is -2.27. The van der Waals surface area contributed by atoms with Crippen molar-refractivity contribution in [3.63, 3.8) is 0 Å². The van der Waals surface area contributed by atoms with E-state index in [4.69, 9.17) is 10.5 Å². The molecule has 1 aliphatic rings. The molecule has 23 heavy (non-hydrogen) atoms. The van der Waals surface area contributed by atoms with Crippen molar-refractivity contribution >= 4 is 5.91 Å². The molecule has 5 nitrogen and oxygen atoms in total. The molecule has 2 heterocycles. The van der Waals surface area contributed by atoms with Crippen LogP contribution in [0.4, 0.5) is 0 Å². The van der Waals surface area contributed by atoms with E-state index in [0.29, 0.717) is 5.56 Å². The summed E-state index contributed by atoms with van der Waals surface area (Å²) in [5.41, 5.74) is 9.22. The smallest absolute Gasteiger partial charge is 0.250 e. The second-order valence-electron chi connectivity index (χ2n) is 5.86. The Hall–Kier alpha value is -2.11. The number of aromatic nitrogens is 1. The third kappa shape index (κ3) is 3.46. The third-order valence-corrected chi connectivity index (χ3v) is 4.45. The quantitative estimate of drug-likeness (QED) is 0.917. The van der Waals surface area contributed by atoms with Crippen LogP contribution in [0.25, 0.3) is 11.3 Å². The molecule has 1 fully saturated rings. The predicted molar refractivity (Wildman–Crippen MR) is 90.4 cm³/mol. The number of amides is 1. The van der Waals surface area contributed by atoms with E-state index in [-0.39, 0.29) is 5.91 Å². The Morgan fingerprint density at radius 1 is 1.17 bits per heavy atom. The SMILES string of the molecule is Cc1c(C(N)=O)cc(-c2ccccc2)n1CCN1CCOCC1. The molecule has 1 amide bonds. The highest BCUT2D eigenvalue weighted by atomic mass is 16.5. The van der Waals surface area contributed by atoms with Gasteiger partial charge in [0.2, 0.25) is 0 Å². The maximum atomic E-state index is 11.7. The first-order valence-electron chi connectivity index (χ1n) is 8.02. The van der Waals surface area contributed by atoms with Crippen molar-refractivity contribution in [3.8, 4) is 11.3 Å². The van der Waals surface area contributed by atoms with Gasteiger partial charge >= 0.3 is 0 Å². The number of carbonyl (C=O) groups is 1. The number of carbonyl (C=O) groups excluding carboxylic acids is 1. The Bertz CT molecular complexity index is 673. The lowest BCUT2D eigenvalue weighted by atomic mass is 10.1. The normalized spacial score (nSPS) is 15.7. The number of primary amides is 1. The van der Waals surface area contributed by atoms with E-state index in [0.717, 1.165) is 56.3 Å². The standard InChI is InChI=1S/C18H23N3O2/c1-14-16(18(19)22)13-17(15-5-3-2-4-6-15)21(14)8-7-20-9-11-23-12-10-20/h2-6,13H,7-12H2,1H3,(H2,19,22). The number of rotatable bonds is 5. The van der Waals surface area contributed by atoms with Crippen molar-refractivity contribution in [1.82, 2.24) is 9.47 Å². The highest BCUT2D eigenvalue weighted by Gasteiger charge is 2.18. The number of hydrogen-bond donors (Lipinski definition) is 1. The van der Waals surface area contributed by atoms with Gasteiger partial charge in [0.15, 0.2) is 0 Å². The Labute approximate surface area is 136 Å². The Balaban J connectivity index is 1.88. The Morgan fingerprint density at radius 3 is 2.52 bits per heavy atom. The molecule has 0 spiro atoms. The minimum atomic E-state index is -0.371. The molecule has 0 saturated carbocycles. The molecule has 5 heteroatoms. The highest BCUT2D eigenvalue weighted by molar-refractivity contribution is 5.95. The Kier molecular flexibility index (Phi) is 4.79. The molecule has 2 N–H and O–H groups in total. The van der Waals surface area contributed by atoms with Crippen molar-refractivity contribution in [3.05, 3.63) is 47.7 Å². The van der Waals surface area contributed by atoms with Crippen LogP contribution in [-0.4, -0.2) is 48.2 Å². The summed E-state index contributed by atoms with van der Waals surface area (Å²) < 4.78 is 7.59. The van der Waals surface area contributed by atoms with Gasteiger partial charge in [0.05, 0.1) is 18.8 Å². The van der Waals surface area contributed by atoms with Gasteiger partial charge < -0.3 is 15.0 Å². The molecule has 122 valence electrons. The zero-order valence-electron chi connectivity index (χ0n) is 13.5. The van der Waals surface area contributed by atoms with Crippen LogP contribution in [0.15, 0.2) is 36.4 Å². The number of hydrogen-bond acceptors (Lipinski definition) is 3. The predicted octanol–water partition coefficient (Wildman–Crippen LogP) is 1.89. The van der Waals surface area contributed by atoms with Crippen LogP contribution < -0.4 is 5.73 Å². The topological polar surface area (TPSA) is 60.5 Å². The van der Waals surface area contributed by atoms with Gasteiger partial charge in [0, 0.05) is 37.6 Å². The zero-order chi connectivity index (χ0) is 16.2. The molecule has 1 saturated heterocycles. The van der Waals surface area contributed by atoms with Crippen LogP contribution >= 0.6 is 0 Å². The number of morpholine rings is 1. The van der Waals surface area contributed by atoms with E-state index in [1.54, 1.807) is 0 Å². The number of nitrogens with zero attached hydrogens (tertiary/aromatic N) is 2. The van der Waals surface area contributed by atoms with Gasteiger partial charge in [-0.3, -0.25) is 9.69 Å². The van der Waals surface area contributed by atoms with E-state index in [1.807, 2.05) is 31.2 Å². The summed E-state index contributed by atoms with van der Waals surface area (Å²) in [6, 6.07) is 12.0. The maximum absolute atomic E-state index is 11.7. The van der Waals surface area contributed by atoms with Gasteiger partial charge in [-0.1, -0.05) is 30.3 Å². The molecule has 0 radical (unpaired) electrons. The highest BCUT2D eigenvalue weighted by Crippen LogP contribution is 2.25. The minimum Gasteiger partial charge on any atom is -0.379 e. The van der Waals surface area contributed by atoms with Crippen LogP contribution in [0.2, 0.25) is 0 Å². The molecular formula is C18H23N3O2. The van der Waals surface area contributed by atoms with E-state index < -0.39 is 0 Å². The van der Waals surface area contributed by atoms with Crippen molar-refractivity contribution in [2.45, 2.75) is 13.5 Å². The monoisotopic (exact) mass is 313 g/mol. The molecule has 1 aliphatic heterocycles. The summed E-state index contributed by atoms with van der Waals surface area (Å²) in [6.07, 6.45) is 0. The fourth-order valence-electron chi connectivity index (χ4n) is 3.10. The van der Waals surface area contributed by atoms with E-state index in [1.165, 1.54) is 0 Å². The average Bonchev–Trinajstić information content (AvgIpc) is 2.91. The Morgan fingerprint density at radius 2 is 1.87 bits per heavy atom. The van der Waals surface area contributed by atoms with Crippen LogP contribution in [0.1, 0.15) is 16.1 Å². The van der Waals surface area contributed by atoms with E-state index in [9.17, 15) is 4.79 Å². The van der Waals surface area contributed by atoms with Gasteiger partial charge in [-0.05, 0) is 18.6 Å². The summed E-state index contributed by atoms with van der Waals surface area (Å²) in [5.74, 6) is -0.371. The molecule has 0 aliphatic carbocycles. The van der Waals surface area contributed by atoms with E-state index in [2.05, 4.69) is 21.6 Å². The summed E-state index contributed by atoms with van der Waals surface area (Å²) in [7, 11) is 0. The molecule has 0 unspecified atom stereocenters. The molecule has 1 aromatic carbocycles. The van der Waals surface area contributed by atoms with Crippen LogP contribution in [0.3, 0.4) is 0 Å². The zero-order valence-corrected chi connectivity index (χ0v) is 13.5. The van der Waals surface area contributed by atoms with Gasteiger partial charge in [0.1, 0.15) is 0 Å². The summed E-state index contributed by atoms with van der Waals surface area (Å²) in [5, 5.41) is 0. The van der Waals surface area contributed by atoms with Crippen molar-refractivity contribution in [2.24, 2.45) is 5.73 Å². The van der Waals surface area contributed by atoms with Gasteiger partial charge in [0.25, 0.3) is 5.91 Å². The fraction of sp³-hybridized carbons (Fsp3) is 0.389. The first-order chi connectivity index (χ1) is 11.2. The van der Waals surface area contributed by atoms with Crippen LogP contribution in [-0.2, 0) is 11.3 Å². The van der Waals surface area contributed by atoms with Gasteiger partial charge in [-0.15, -0.1) is 0 Å². The minimum absolute atomic E-state index is 0.371. The lowest BCUT2D eigenvalue weighted by molar-refractivity contribution is 0.0364. The summed E-state index contributed by atoms with van der Waals surface area (Å²) >= 11 is 0. The van der Waals surface area contributed by atoms with Crippen molar-refractivity contribution in [1.29, 1.82) is 0 Å². The first-order valence-corrected chi connectivity index (χ1v) is 8.02. The summed E-state index contributed by atoms with van der Waals surface area (Å²) in [6.45, 7) is 7.25. The number of nitrogens with two attached hydrogens (primary N) is 1. The maximum Gasteiger partial charge on any atom is 0.250 e.